The zero-order chi connectivity index (χ0) is 13.3. The van der Waals surface area contributed by atoms with E-state index in [0.717, 1.165) is 12.5 Å². The minimum atomic E-state index is 0.0455. The van der Waals surface area contributed by atoms with Gasteiger partial charge in [0.2, 0.25) is 5.91 Å². The quantitative estimate of drug-likeness (QED) is 0.478. The molecule has 0 heterocycles. The number of carbonyl (C=O) groups is 1. The van der Waals surface area contributed by atoms with Crippen molar-refractivity contribution < 1.29 is 4.79 Å². The monoisotopic (exact) mass is 242 g/mol. The Bertz CT molecular complexity index is 249. The van der Waals surface area contributed by atoms with Crippen molar-refractivity contribution in [3.05, 3.63) is 0 Å². The molecule has 100 valence electrons. The van der Waals surface area contributed by atoms with Gasteiger partial charge in [0.15, 0.2) is 5.96 Å². The van der Waals surface area contributed by atoms with Gasteiger partial charge in [-0.25, -0.2) is 0 Å². The molecule has 0 unspecified atom stereocenters. The Morgan fingerprint density at radius 2 is 1.71 bits per heavy atom. The van der Waals surface area contributed by atoms with Crippen LogP contribution in [0.2, 0.25) is 0 Å². The van der Waals surface area contributed by atoms with Crippen molar-refractivity contribution in [3.8, 4) is 0 Å². The molecule has 5 nitrogen and oxygen atoms in total. The fourth-order valence-electron chi connectivity index (χ4n) is 1.26. The number of nitrogens with zero attached hydrogens (tertiary/aromatic N) is 1. The van der Waals surface area contributed by atoms with Crippen molar-refractivity contribution in [1.82, 2.24) is 16.0 Å². The van der Waals surface area contributed by atoms with Crippen LogP contribution in [0.5, 0.6) is 0 Å². The topological polar surface area (TPSA) is 65.5 Å². The molecule has 0 saturated heterocycles. The molecule has 0 aromatic heterocycles. The van der Waals surface area contributed by atoms with Gasteiger partial charge in [0, 0.05) is 25.0 Å². The Kier molecular flexibility index (Phi) is 8.19. The van der Waals surface area contributed by atoms with Crippen LogP contribution in [0.4, 0.5) is 0 Å². The molecule has 3 N–H and O–H groups in total. The smallest absolute Gasteiger partial charge is 0.222 e. The Hall–Kier alpha value is -1.26. The number of guanidine groups is 1. The SMILES string of the molecule is CCNC(=NCCC(=O)NC(C)C)NC(C)C. The van der Waals surface area contributed by atoms with Crippen molar-refractivity contribution in [2.45, 2.75) is 53.1 Å². The molecule has 0 aliphatic heterocycles. The highest BCUT2D eigenvalue weighted by Gasteiger charge is 2.03. The number of carbonyl (C=O) groups excluding carboxylic acids is 1. The summed E-state index contributed by atoms with van der Waals surface area (Å²) in [5, 5.41) is 9.18. The lowest BCUT2D eigenvalue weighted by Crippen LogP contribution is -2.41. The molecule has 5 heteroatoms. The molecule has 0 rings (SSSR count). The van der Waals surface area contributed by atoms with Crippen LogP contribution in [-0.4, -0.2) is 37.0 Å². The standard InChI is InChI=1S/C12H26N4O/c1-6-13-12(16-10(4)5)14-8-7-11(17)15-9(2)3/h9-10H,6-8H2,1-5H3,(H,15,17)(H2,13,14,16). The normalized spacial score (nSPS) is 11.8. The largest absolute Gasteiger partial charge is 0.357 e. The molecule has 0 atom stereocenters. The third kappa shape index (κ3) is 9.66. The number of hydrogen-bond acceptors (Lipinski definition) is 2. The Balaban J connectivity index is 4.02. The van der Waals surface area contributed by atoms with Crippen molar-refractivity contribution in [2.75, 3.05) is 13.1 Å². The molecular formula is C12H26N4O. The van der Waals surface area contributed by atoms with Gasteiger partial charge < -0.3 is 16.0 Å². The molecule has 0 aliphatic carbocycles. The van der Waals surface area contributed by atoms with E-state index in [-0.39, 0.29) is 11.9 Å². The van der Waals surface area contributed by atoms with Crippen molar-refractivity contribution >= 4 is 11.9 Å². The zero-order valence-corrected chi connectivity index (χ0v) is 11.6. The van der Waals surface area contributed by atoms with Crippen LogP contribution in [-0.2, 0) is 4.79 Å². The first-order chi connectivity index (χ1) is 7.95. The summed E-state index contributed by atoms with van der Waals surface area (Å²) in [5.41, 5.74) is 0. The highest BCUT2D eigenvalue weighted by molar-refractivity contribution is 5.81. The van der Waals surface area contributed by atoms with E-state index in [0.29, 0.717) is 19.0 Å². The van der Waals surface area contributed by atoms with Crippen LogP contribution in [0, 0.1) is 0 Å². The Morgan fingerprint density at radius 1 is 1.12 bits per heavy atom. The summed E-state index contributed by atoms with van der Waals surface area (Å²) >= 11 is 0. The first kappa shape index (κ1) is 15.7. The van der Waals surface area contributed by atoms with Gasteiger partial charge in [0.1, 0.15) is 0 Å². The predicted octanol–water partition coefficient (Wildman–Crippen LogP) is 0.865. The van der Waals surface area contributed by atoms with Crippen LogP contribution < -0.4 is 16.0 Å². The summed E-state index contributed by atoms with van der Waals surface area (Å²) in [4.78, 5) is 15.7. The third-order valence-electron chi connectivity index (χ3n) is 1.83. The molecule has 0 saturated carbocycles. The van der Waals surface area contributed by atoms with Gasteiger partial charge >= 0.3 is 0 Å². The summed E-state index contributed by atoms with van der Waals surface area (Å²) < 4.78 is 0. The van der Waals surface area contributed by atoms with Crippen LogP contribution in [0.15, 0.2) is 4.99 Å². The minimum Gasteiger partial charge on any atom is -0.357 e. The van der Waals surface area contributed by atoms with E-state index in [1.54, 1.807) is 0 Å². The molecule has 0 radical (unpaired) electrons. The van der Waals surface area contributed by atoms with Crippen LogP contribution in [0.3, 0.4) is 0 Å². The van der Waals surface area contributed by atoms with Crippen LogP contribution in [0.25, 0.3) is 0 Å². The van der Waals surface area contributed by atoms with Crippen molar-refractivity contribution in [2.24, 2.45) is 4.99 Å². The second kappa shape index (κ2) is 8.84. The number of hydrogen-bond donors (Lipinski definition) is 3. The molecule has 1 amide bonds. The van der Waals surface area contributed by atoms with Gasteiger partial charge in [-0.3, -0.25) is 9.79 Å². The average molecular weight is 242 g/mol. The lowest BCUT2D eigenvalue weighted by Gasteiger charge is -2.14. The maximum Gasteiger partial charge on any atom is 0.222 e. The highest BCUT2D eigenvalue weighted by Crippen LogP contribution is 1.86. The second-order valence-electron chi connectivity index (χ2n) is 4.53. The summed E-state index contributed by atoms with van der Waals surface area (Å²) in [5.74, 6) is 0.809. The van der Waals surface area contributed by atoms with E-state index in [1.165, 1.54) is 0 Å². The first-order valence-electron chi connectivity index (χ1n) is 6.29. The third-order valence-corrected chi connectivity index (χ3v) is 1.83. The van der Waals surface area contributed by atoms with E-state index in [4.69, 9.17) is 0 Å². The van der Waals surface area contributed by atoms with Gasteiger partial charge in [0.25, 0.3) is 0 Å². The molecule has 0 aromatic rings. The number of nitrogens with one attached hydrogen (secondary N) is 3. The van der Waals surface area contributed by atoms with Gasteiger partial charge in [0.05, 0.1) is 6.54 Å². The van der Waals surface area contributed by atoms with Crippen molar-refractivity contribution in [3.63, 3.8) is 0 Å². The predicted molar refractivity (Wildman–Crippen MR) is 72.1 cm³/mol. The zero-order valence-electron chi connectivity index (χ0n) is 11.6. The molecule has 0 bridgehead atoms. The lowest BCUT2D eigenvalue weighted by atomic mass is 10.3. The maximum atomic E-state index is 11.4. The average Bonchev–Trinajstić information content (AvgIpc) is 2.15. The first-order valence-corrected chi connectivity index (χ1v) is 6.29. The molecule has 17 heavy (non-hydrogen) atoms. The summed E-state index contributed by atoms with van der Waals surface area (Å²) in [6.07, 6.45) is 0.423. The molecule has 0 spiro atoms. The lowest BCUT2D eigenvalue weighted by molar-refractivity contribution is -0.121. The van der Waals surface area contributed by atoms with E-state index in [1.807, 2.05) is 20.8 Å². The van der Waals surface area contributed by atoms with E-state index < -0.39 is 0 Å². The fourth-order valence-corrected chi connectivity index (χ4v) is 1.26. The van der Waals surface area contributed by atoms with E-state index in [9.17, 15) is 4.79 Å². The molecule has 0 aromatic carbocycles. The Morgan fingerprint density at radius 3 is 2.18 bits per heavy atom. The maximum absolute atomic E-state index is 11.4. The van der Waals surface area contributed by atoms with Gasteiger partial charge in [-0.05, 0) is 34.6 Å². The van der Waals surface area contributed by atoms with Gasteiger partial charge in [-0.2, -0.15) is 0 Å². The van der Waals surface area contributed by atoms with E-state index >= 15 is 0 Å². The summed E-state index contributed by atoms with van der Waals surface area (Å²) in [7, 11) is 0. The summed E-state index contributed by atoms with van der Waals surface area (Å²) in [6, 6.07) is 0.519. The molecule has 0 fully saturated rings. The van der Waals surface area contributed by atoms with Crippen LogP contribution in [0.1, 0.15) is 41.0 Å². The summed E-state index contributed by atoms with van der Waals surface area (Å²) in [6.45, 7) is 11.3. The number of rotatable bonds is 6. The van der Waals surface area contributed by atoms with Crippen molar-refractivity contribution in [1.29, 1.82) is 0 Å². The molecular weight excluding hydrogens is 216 g/mol. The van der Waals surface area contributed by atoms with Gasteiger partial charge in [-0.15, -0.1) is 0 Å². The fraction of sp³-hybridized carbons (Fsp3) is 0.833. The Labute approximate surface area is 104 Å². The second-order valence-corrected chi connectivity index (χ2v) is 4.53. The number of aliphatic imine (C=N–C) groups is 1. The minimum absolute atomic E-state index is 0.0455. The van der Waals surface area contributed by atoms with Gasteiger partial charge in [-0.1, -0.05) is 0 Å². The van der Waals surface area contributed by atoms with Crippen LogP contribution >= 0.6 is 0 Å². The number of amides is 1. The highest BCUT2D eigenvalue weighted by atomic mass is 16.1. The molecule has 0 aliphatic rings. The van der Waals surface area contributed by atoms with E-state index in [2.05, 4.69) is 34.8 Å².